The molecular weight excluding hydrogens is 363 g/mol. The van der Waals surface area contributed by atoms with Gasteiger partial charge in [-0.3, -0.25) is 9.59 Å². The van der Waals surface area contributed by atoms with E-state index in [1.54, 1.807) is 31.2 Å². The molecule has 0 spiro atoms. The van der Waals surface area contributed by atoms with E-state index in [1.807, 2.05) is 0 Å². The number of aliphatic carboxylic acids is 1. The molecule has 146 valence electrons. The molecule has 0 radical (unpaired) electrons. The topological polar surface area (TPSA) is 86.7 Å². The molecule has 0 aliphatic carbocycles. The van der Waals surface area contributed by atoms with Gasteiger partial charge >= 0.3 is 5.97 Å². The van der Waals surface area contributed by atoms with Gasteiger partial charge in [-0.05, 0) is 56.5 Å². The number of carboxylic acids is 1. The number of halogens is 1. The van der Waals surface area contributed by atoms with Crippen LogP contribution in [0.5, 0.6) is 0 Å². The van der Waals surface area contributed by atoms with Crippen LogP contribution in [-0.4, -0.2) is 40.4 Å². The van der Waals surface area contributed by atoms with Crippen molar-refractivity contribution < 1.29 is 23.9 Å². The molecular formula is C21H21FN2O4. The van der Waals surface area contributed by atoms with E-state index >= 15 is 0 Å². The van der Waals surface area contributed by atoms with Crippen LogP contribution in [0.4, 0.5) is 10.1 Å². The minimum atomic E-state index is -1.02. The molecule has 1 unspecified atom stereocenters. The molecule has 1 saturated heterocycles. The molecule has 6 nitrogen and oxygen atoms in total. The maximum absolute atomic E-state index is 13.9. The van der Waals surface area contributed by atoms with E-state index in [9.17, 15) is 23.9 Å². The molecule has 0 saturated carbocycles. The molecule has 1 aliphatic heterocycles. The van der Waals surface area contributed by atoms with Gasteiger partial charge in [0.2, 0.25) is 0 Å². The van der Waals surface area contributed by atoms with E-state index in [0.717, 1.165) is 18.4 Å². The summed E-state index contributed by atoms with van der Waals surface area (Å²) in [5.74, 6) is -2.67. The number of piperidine rings is 1. The van der Waals surface area contributed by atoms with Crippen molar-refractivity contribution in [2.24, 2.45) is 0 Å². The SMILES string of the molecule is Cc1ccc(F)c(C(=O)Nc2cccc(C(=O)N3CCCCC3C(=O)O)c2)c1. The fraction of sp³-hybridized carbons (Fsp3) is 0.286. The molecule has 1 atom stereocenters. The summed E-state index contributed by atoms with van der Waals surface area (Å²) in [6.45, 7) is 2.13. The molecule has 2 amide bonds. The Labute approximate surface area is 162 Å². The third-order valence-electron chi connectivity index (χ3n) is 4.78. The monoisotopic (exact) mass is 384 g/mol. The Bertz CT molecular complexity index is 928. The molecule has 2 aromatic carbocycles. The molecule has 0 bridgehead atoms. The lowest BCUT2D eigenvalue weighted by Gasteiger charge is -2.33. The van der Waals surface area contributed by atoms with Crippen LogP contribution < -0.4 is 5.32 Å². The molecule has 3 rings (SSSR count). The van der Waals surface area contributed by atoms with Crippen LogP contribution in [0.15, 0.2) is 42.5 Å². The number of carbonyl (C=O) groups excluding carboxylic acids is 2. The standard InChI is InChI=1S/C21H21FN2O4/c1-13-8-9-17(22)16(11-13)19(25)23-15-6-4-5-14(12-15)20(26)24-10-3-2-7-18(24)21(27)28/h4-6,8-9,11-12,18H,2-3,7,10H2,1H3,(H,23,25)(H,27,28). The van der Waals surface area contributed by atoms with Gasteiger partial charge in [-0.2, -0.15) is 0 Å². The van der Waals surface area contributed by atoms with Gasteiger partial charge in [0.05, 0.1) is 5.56 Å². The lowest BCUT2D eigenvalue weighted by atomic mass is 10.0. The van der Waals surface area contributed by atoms with Crippen molar-refractivity contribution >= 4 is 23.5 Å². The van der Waals surface area contributed by atoms with Crippen molar-refractivity contribution in [1.82, 2.24) is 4.90 Å². The highest BCUT2D eigenvalue weighted by atomic mass is 19.1. The Morgan fingerprint density at radius 1 is 1.14 bits per heavy atom. The molecule has 0 aromatic heterocycles. The number of nitrogens with zero attached hydrogens (tertiary/aromatic N) is 1. The molecule has 1 aliphatic rings. The van der Waals surface area contributed by atoms with Crippen molar-refractivity contribution in [3.63, 3.8) is 0 Å². The van der Waals surface area contributed by atoms with Gasteiger partial charge in [0.1, 0.15) is 11.9 Å². The Hall–Kier alpha value is -3.22. The minimum Gasteiger partial charge on any atom is -0.480 e. The Morgan fingerprint density at radius 3 is 2.68 bits per heavy atom. The second-order valence-corrected chi connectivity index (χ2v) is 6.87. The van der Waals surface area contributed by atoms with Crippen LogP contribution in [-0.2, 0) is 4.79 Å². The third kappa shape index (κ3) is 4.19. The zero-order valence-corrected chi connectivity index (χ0v) is 15.4. The maximum Gasteiger partial charge on any atom is 0.326 e. The van der Waals surface area contributed by atoms with Crippen molar-refractivity contribution in [2.45, 2.75) is 32.2 Å². The van der Waals surface area contributed by atoms with Gasteiger partial charge in [0, 0.05) is 17.8 Å². The molecule has 2 N–H and O–H groups in total. The summed E-state index contributed by atoms with van der Waals surface area (Å²) in [6, 6.07) is 9.63. The first-order valence-corrected chi connectivity index (χ1v) is 9.08. The second kappa shape index (κ2) is 8.21. The van der Waals surface area contributed by atoms with Crippen LogP contribution in [0.3, 0.4) is 0 Å². The zero-order valence-electron chi connectivity index (χ0n) is 15.4. The zero-order chi connectivity index (χ0) is 20.3. The van der Waals surface area contributed by atoms with E-state index in [0.29, 0.717) is 18.7 Å². The average Bonchev–Trinajstić information content (AvgIpc) is 2.69. The fourth-order valence-corrected chi connectivity index (χ4v) is 3.34. The second-order valence-electron chi connectivity index (χ2n) is 6.87. The largest absolute Gasteiger partial charge is 0.480 e. The average molecular weight is 384 g/mol. The number of carbonyl (C=O) groups is 3. The number of likely N-dealkylation sites (tertiary alicyclic amines) is 1. The Balaban J connectivity index is 1.80. The van der Waals surface area contributed by atoms with E-state index in [-0.39, 0.29) is 11.1 Å². The summed E-state index contributed by atoms with van der Waals surface area (Å²) in [5.41, 5.74) is 1.27. The summed E-state index contributed by atoms with van der Waals surface area (Å²) in [7, 11) is 0. The van der Waals surface area contributed by atoms with Gasteiger partial charge < -0.3 is 15.3 Å². The van der Waals surface area contributed by atoms with Gasteiger partial charge in [-0.25, -0.2) is 9.18 Å². The van der Waals surface area contributed by atoms with E-state index in [2.05, 4.69) is 5.32 Å². The first kappa shape index (κ1) is 19.5. The number of hydrogen-bond acceptors (Lipinski definition) is 3. The van der Waals surface area contributed by atoms with Crippen LogP contribution in [0.25, 0.3) is 0 Å². The molecule has 2 aromatic rings. The highest BCUT2D eigenvalue weighted by Gasteiger charge is 2.32. The smallest absolute Gasteiger partial charge is 0.326 e. The fourth-order valence-electron chi connectivity index (χ4n) is 3.34. The third-order valence-corrected chi connectivity index (χ3v) is 4.78. The van der Waals surface area contributed by atoms with Crippen LogP contribution in [0.2, 0.25) is 0 Å². The predicted molar refractivity (Wildman–Crippen MR) is 102 cm³/mol. The molecule has 7 heteroatoms. The summed E-state index contributed by atoms with van der Waals surface area (Å²) >= 11 is 0. The summed E-state index contributed by atoms with van der Waals surface area (Å²) in [4.78, 5) is 38.0. The first-order chi connectivity index (χ1) is 13.4. The Kier molecular flexibility index (Phi) is 5.73. The normalized spacial score (nSPS) is 16.5. The van der Waals surface area contributed by atoms with Crippen LogP contribution >= 0.6 is 0 Å². The van der Waals surface area contributed by atoms with Crippen molar-refractivity contribution in [3.05, 3.63) is 65.0 Å². The number of anilines is 1. The van der Waals surface area contributed by atoms with Gasteiger partial charge in [0.15, 0.2) is 0 Å². The number of aryl methyl sites for hydroxylation is 1. The van der Waals surface area contributed by atoms with E-state index < -0.39 is 29.6 Å². The van der Waals surface area contributed by atoms with Gasteiger partial charge in [-0.15, -0.1) is 0 Å². The van der Waals surface area contributed by atoms with E-state index in [1.165, 1.54) is 23.1 Å². The highest BCUT2D eigenvalue weighted by molar-refractivity contribution is 6.05. The number of benzene rings is 2. The molecule has 28 heavy (non-hydrogen) atoms. The van der Waals surface area contributed by atoms with Crippen LogP contribution in [0, 0.1) is 12.7 Å². The van der Waals surface area contributed by atoms with Gasteiger partial charge in [0.25, 0.3) is 11.8 Å². The van der Waals surface area contributed by atoms with Crippen molar-refractivity contribution in [3.8, 4) is 0 Å². The highest BCUT2D eigenvalue weighted by Crippen LogP contribution is 2.22. The predicted octanol–water partition coefficient (Wildman–Crippen LogP) is 3.47. The molecule has 1 heterocycles. The minimum absolute atomic E-state index is 0.0845. The number of amides is 2. The first-order valence-electron chi connectivity index (χ1n) is 9.08. The lowest BCUT2D eigenvalue weighted by Crippen LogP contribution is -2.48. The van der Waals surface area contributed by atoms with Gasteiger partial charge in [-0.1, -0.05) is 17.7 Å². The van der Waals surface area contributed by atoms with Crippen molar-refractivity contribution in [2.75, 3.05) is 11.9 Å². The van der Waals surface area contributed by atoms with Crippen LogP contribution in [0.1, 0.15) is 45.5 Å². The number of hydrogen-bond donors (Lipinski definition) is 2. The Morgan fingerprint density at radius 2 is 1.93 bits per heavy atom. The molecule has 1 fully saturated rings. The summed E-state index contributed by atoms with van der Waals surface area (Å²) in [5, 5.41) is 12.0. The lowest BCUT2D eigenvalue weighted by molar-refractivity contribution is -0.143. The summed E-state index contributed by atoms with van der Waals surface area (Å²) < 4.78 is 13.9. The summed E-state index contributed by atoms with van der Waals surface area (Å²) in [6.07, 6.45) is 1.93. The maximum atomic E-state index is 13.9. The number of rotatable bonds is 4. The van der Waals surface area contributed by atoms with Crippen molar-refractivity contribution in [1.29, 1.82) is 0 Å². The number of nitrogens with one attached hydrogen (secondary N) is 1. The quantitative estimate of drug-likeness (QED) is 0.845. The van der Waals surface area contributed by atoms with E-state index in [4.69, 9.17) is 0 Å². The number of carboxylic acid groups (broad SMARTS) is 1.